The zero-order chi connectivity index (χ0) is 15.8. The Kier molecular flexibility index (Phi) is 4.24. The van der Waals surface area contributed by atoms with Gasteiger partial charge >= 0.3 is 0 Å². The number of benzene rings is 1. The van der Waals surface area contributed by atoms with Gasteiger partial charge in [-0.2, -0.15) is 0 Å². The first-order valence-corrected chi connectivity index (χ1v) is 9.20. The summed E-state index contributed by atoms with van der Waals surface area (Å²) in [5, 5.41) is 7.31. The van der Waals surface area contributed by atoms with E-state index in [9.17, 15) is 4.39 Å². The predicted octanol–water partition coefficient (Wildman–Crippen LogP) is 3.66. The first kappa shape index (κ1) is 15.3. The van der Waals surface area contributed by atoms with Gasteiger partial charge in [0.2, 0.25) is 0 Å². The third-order valence-corrected chi connectivity index (χ3v) is 5.66. The van der Waals surface area contributed by atoms with E-state index in [4.69, 9.17) is 12.2 Å². The van der Waals surface area contributed by atoms with Crippen molar-refractivity contribution in [3.63, 3.8) is 0 Å². The topological polar surface area (TPSA) is 27.3 Å². The van der Waals surface area contributed by atoms with Gasteiger partial charge in [-0.15, -0.1) is 0 Å². The number of hydrogen-bond acceptors (Lipinski definition) is 2. The Labute approximate surface area is 142 Å². The Balaban J connectivity index is 1.34. The molecule has 124 valence electrons. The molecule has 5 heteroatoms. The highest BCUT2D eigenvalue weighted by molar-refractivity contribution is 7.80. The minimum Gasteiger partial charge on any atom is -0.360 e. The molecule has 1 aromatic carbocycles. The monoisotopic (exact) mass is 333 g/mol. The summed E-state index contributed by atoms with van der Waals surface area (Å²) in [7, 11) is 0. The maximum absolute atomic E-state index is 13.0. The van der Waals surface area contributed by atoms with Crippen LogP contribution in [-0.2, 0) is 0 Å². The van der Waals surface area contributed by atoms with Gasteiger partial charge in [0.15, 0.2) is 5.11 Å². The molecule has 2 atom stereocenters. The number of hydrogen-bond donors (Lipinski definition) is 2. The molecule has 1 saturated carbocycles. The number of thiocarbonyl (C=S) groups is 1. The molecule has 3 nitrogen and oxygen atoms in total. The van der Waals surface area contributed by atoms with E-state index in [0.29, 0.717) is 11.2 Å². The van der Waals surface area contributed by atoms with Crippen LogP contribution in [0.2, 0.25) is 0 Å². The van der Waals surface area contributed by atoms with Gasteiger partial charge < -0.3 is 10.6 Å². The highest BCUT2D eigenvalue weighted by Crippen LogP contribution is 2.41. The zero-order valence-electron chi connectivity index (χ0n) is 13.3. The largest absolute Gasteiger partial charge is 0.360 e. The van der Waals surface area contributed by atoms with Crippen LogP contribution in [0.4, 0.5) is 10.1 Å². The fraction of sp³-hybridized carbons (Fsp3) is 0.611. The van der Waals surface area contributed by atoms with Crippen LogP contribution in [0.3, 0.4) is 0 Å². The van der Waals surface area contributed by atoms with Gasteiger partial charge in [0.25, 0.3) is 0 Å². The predicted molar refractivity (Wildman–Crippen MR) is 95.1 cm³/mol. The van der Waals surface area contributed by atoms with Crippen molar-refractivity contribution < 1.29 is 4.39 Å². The van der Waals surface area contributed by atoms with Crippen molar-refractivity contribution in [1.29, 1.82) is 0 Å². The lowest BCUT2D eigenvalue weighted by molar-refractivity contribution is 0.0209. The van der Waals surface area contributed by atoms with Crippen LogP contribution < -0.4 is 10.6 Å². The van der Waals surface area contributed by atoms with E-state index in [0.717, 1.165) is 23.8 Å². The normalized spacial score (nSPS) is 30.7. The number of halogens is 1. The average Bonchev–Trinajstić information content (AvgIpc) is 3.33. The van der Waals surface area contributed by atoms with E-state index >= 15 is 0 Å². The Hall–Kier alpha value is -1.20. The quantitative estimate of drug-likeness (QED) is 0.826. The van der Waals surface area contributed by atoms with E-state index in [1.54, 1.807) is 12.1 Å². The molecule has 3 fully saturated rings. The number of nitrogens with zero attached hydrogens (tertiary/aromatic N) is 1. The maximum atomic E-state index is 13.0. The summed E-state index contributed by atoms with van der Waals surface area (Å²) < 4.78 is 13.0. The zero-order valence-corrected chi connectivity index (χ0v) is 14.1. The molecule has 2 bridgehead atoms. The molecule has 3 aliphatic rings. The van der Waals surface area contributed by atoms with Gasteiger partial charge in [-0.3, -0.25) is 4.90 Å². The van der Waals surface area contributed by atoms with E-state index < -0.39 is 0 Å². The van der Waals surface area contributed by atoms with Gasteiger partial charge in [0.1, 0.15) is 5.82 Å². The first-order valence-electron chi connectivity index (χ1n) is 8.79. The van der Waals surface area contributed by atoms with Crippen LogP contribution in [0.5, 0.6) is 0 Å². The molecule has 0 spiro atoms. The highest BCUT2D eigenvalue weighted by atomic mass is 32.1. The molecule has 2 N–H and O–H groups in total. The fourth-order valence-corrected chi connectivity index (χ4v) is 4.67. The SMILES string of the molecule is Fc1ccc(NC(=S)NC2C[C@@H]3CCC[C@@H](C2)N3C2CC2)cc1. The first-order chi connectivity index (χ1) is 11.2. The summed E-state index contributed by atoms with van der Waals surface area (Å²) in [6.45, 7) is 0. The number of rotatable bonds is 3. The fourth-order valence-electron chi connectivity index (χ4n) is 4.39. The summed E-state index contributed by atoms with van der Waals surface area (Å²) >= 11 is 5.45. The summed E-state index contributed by atoms with van der Waals surface area (Å²) in [5.41, 5.74) is 0.833. The van der Waals surface area contributed by atoms with Crippen molar-refractivity contribution in [3.05, 3.63) is 30.1 Å². The highest BCUT2D eigenvalue weighted by Gasteiger charge is 2.44. The van der Waals surface area contributed by atoms with Crippen molar-refractivity contribution in [2.75, 3.05) is 5.32 Å². The maximum Gasteiger partial charge on any atom is 0.170 e. The molecule has 1 aliphatic carbocycles. The van der Waals surface area contributed by atoms with Gasteiger partial charge in [0.05, 0.1) is 0 Å². The Bertz CT molecular complexity index is 558. The molecule has 2 saturated heterocycles. The Morgan fingerprint density at radius 2 is 1.65 bits per heavy atom. The van der Waals surface area contributed by atoms with E-state index in [2.05, 4.69) is 15.5 Å². The lowest BCUT2D eigenvalue weighted by Gasteiger charge is -2.49. The van der Waals surface area contributed by atoms with Crippen LogP contribution in [0.1, 0.15) is 44.9 Å². The summed E-state index contributed by atoms with van der Waals surface area (Å²) in [5.74, 6) is -0.227. The number of piperidine rings is 2. The van der Waals surface area contributed by atoms with Crippen LogP contribution in [0.15, 0.2) is 24.3 Å². The average molecular weight is 333 g/mol. The van der Waals surface area contributed by atoms with Crippen molar-refractivity contribution >= 4 is 23.0 Å². The van der Waals surface area contributed by atoms with E-state index in [1.807, 2.05) is 0 Å². The standard InChI is InChI=1S/C18H24FN3S/c19-12-4-6-13(7-5-12)20-18(23)21-14-10-16-2-1-3-17(11-14)22(16)15-8-9-15/h4-7,14-17H,1-3,8-11H2,(H2,20,21,23)/t16-,17-/m0/s1. The van der Waals surface area contributed by atoms with Crippen LogP contribution >= 0.6 is 12.2 Å². The van der Waals surface area contributed by atoms with Crippen LogP contribution in [-0.4, -0.2) is 34.2 Å². The number of nitrogens with one attached hydrogen (secondary N) is 2. The lowest BCUT2D eigenvalue weighted by atomic mass is 9.81. The second-order valence-corrected chi connectivity index (χ2v) is 7.60. The number of anilines is 1. The number of fused-ring (bicyclic) bond motifs is 2. The van der Waals surface area contributed by atoms with Gasteiger partial charge in [-0.25, -0.2) is 4.39 Å². The lowest BCUT2D eigenvalue weighted by Crippen LogP contribution is -2.57. The molecule has 23 heavy (non-hydrogen) atoms. The second kappa shape index (κ2) is 6.36. The van der Waals surface area contributed by atoms with Crippen LogP contribution in [0, 0.1) is 5.82 Å². The third-order valence-electron chi connectivity index (χ3n) is 5.44. The van der Waals surface area contributed by atoms with Gasteiger partial charge in [-0.05, 0) is 75.0 Å². The minimum absolute atomic E-state index is 0.227. The van der Waals surface area contributed by atoms with Crippen molar-refractivity contribution in [1.82, 2.24) is 10.2 Å². The van der Waals surface area contributed by atoms with E-state index in [1.165, 1.54) is 57.1 Å². The molecule has 0 radical (unpaired) electrons. The second-order valence-electron chi connectivity index (χ2n) is 7.19. The molecular formula is C18H24FN3S. The molecule has 1 aromatic rings. The molecule has 0 amide bonds. The molecule has 2 heterocycles. The molecular weight excluding hydrogens is 309 g/mol. The van der Waals surface area contributed by atoms with Gasteiger partial charge in [0, 0.05) is 29.9 Å². The van der Waals surface area contributed by atoms with Crippen LogP contribution in [0.25, 0.3) is 0 Å². The summed E-state index contributed by atoms with van der Waals surface area (Å²) in [6.07, 6.45) is 9.23. The van der Waals surface area contributed by atoms with Crippen molar-refractivity contribution in [2.24, 2.45) is 0 Å². The third kappa shape index (κ3) is 3.50. The molecule has 0 aromatic heterocycles. The molecule has 0 unspecified atom stereocenters. The van der Waals surface area contributed by atoms with Crippen molar-refractivity contribution in [2.45, 2.75) is 69.1 Å². The molecule has 2 aliphatic heterocycles. The summed E-state index contributed by atoms with van der Waals surface area (Å²) in [4.78, 5) is 2.82. The smallest absolute Gasteiger partial charge is 0.170 e. The van der Waals surface area contributed by atoms with E-state index in [-0.39, 0.29) is 5.82 Å². The molecule has 4 rings (SSSR count). The summed E-state index contributed by atoms with van der Waals surface area (Å²) in [6, 6.07) is 9.13. The van der Waals surface area contributed by atoms with Crippen molar-refractivity contribution in [3.8, 4) is 0 Å². The Morgan fingerprint density at radius 1 is 1.00 bits per heavy atom. The minimum atomic E-state index is -0.227. The van der Waals surface area contributed by atoms with Gasteiger partial charge in [-0.1, -0.05) is 6.42 Å². The Morgan fingerprint density at radius 3 is 2.26 bits per heavy atom.